The summed E-state index contributed by atoms with van der Waals surface area (Å²) in [6, 6.07) is 0. The van der Waals surface area contributed by atoms with Crippen molar-refractivity contribution in [3.63, 3.8) is 0 Å². The second-order valence-corrected chi connectivity index (χ2v) is 3.80. The lowest BCUT2D eigenvalue weighted by Gasteiger charge is -2.22. The maximum atomic E-state index is 14.7. The van der Waals surface area contributed by atoms with E-state index >= 15 is 0 Å². The van der Waals surface area contributed by atoms with Crippen molar-refractivity contribution in [2.75, 3.05) is 12.3 Å². The van der Waals surface area contributed by atoms with Crippen molar-refractivity contribution in [1.82, 2.24) is 14.8 Å². The minimum atomic E-state index is -3.09. The summed E-state index contributed by atoms with van der Waals surface area (Å²) >= 11 is 0. The molecule has 1 saturated heterocycles. The number of hydrogen-bond donors (Lipinski definition) is 3. The van der Waals surface area contributed by atoms with E-state index in [9.17, 15) is 19.4 Å². The largest absolute Gasteiger partial charge is 0.394 e. The number of alkyl halides is 1. The second kappa shape index (κ2) is 4.58. The molecular formula is C10H11FN4O4. The zero-order valence-corrected chi connectivity index (χ0v) is 9.39. The fourth-order valence-corrected chi connectivity index (χ4v) is 1.69. The molecule has 2 rings (SSSR count). The fraction of sp³-hybridized carbons (Fsp3) is 0.500. The smallest absolute Gasteiger partial charge is 0.368 e. The predicted molar refractivity (Wildman–Crippen MR) is 60.4 cm³/mol. The van der Waals surface area contributed by atoms with Gasteiger partial charge in [0.1, 0.15) is 18.0 Å². The Hall–Kier alpha value is -2.02. The van der Waals surface area contributed by atoms with E-state index in [2.05, 4.69) is 10.1 Å². The Morgan fingerprint density at radius 2 is 2.53 bits per heavy atom. The van der Waals surface area contributed by atoms with Crippen LogP contribution >= 0.6 is 0 Å². The van der Waals surface area contributed by atoms with Crippen molar-refractivity contribution in [1.29, 1.82) is 0 Å². The molecule has 1 unspecified atom stereocenters. The SMILES string of the molecule is [2H]C([2H])(O)[C@H]1O[C@@H](n2ncc(N)nc2=O)C(F)(C#C)[C@H]1O. The van der Waals surface area contributed by atoms with Gasteiger partial charge in [-0.3, -0.25) is 0 Å². The summed E-state index contributed by atoms with van der Waals surface area (Å²) in [5, 5.41) is 22.5. The van der Waals surface area contributed by atoms with Crippen LogP contribution in [-0.2, 0) is 4.74 Å². The van der Waals surface area contributed by atoms with Crippen LogP contribution in [-0.4, -0.2) is 49.4 Å². The Bertz CT molecular complexity index is 658. The van der Waals surface area contributed by atoms with Crippen molar-refractivity contribution in [2.45, 2.75) is 24.1 Å². The van der Waals surface area contributed by atoms with Gasteiger partial charge in [0.05, 0.1) is 15.5 Å². The zero-order valence-electron chi connectivity index (χ0n) is 11.4. The van der Waals surface area contributed by atoms with Gasteiger partial charge in [-0.25, -0.2) is 9.18 Å². The molecule has 1 aliphatic heterocycles. The van der Waals surface area contributed by atoms with E-state index in [0.717, 1.165) is 6.20 Å². The molecule has 8 nitrogen and oxygen atoms in total. The number of hydrogen-bond acceptors (Lipinski definition) is 7. The fourth-order valence-electron chi connectivity index (χ4n) is 1.69. The molecule has 1 aromatic heterocycles. The maximum absolute atomic E-state index is 14.7. The number of ether oxygens (including phenoxy) is 1. The number of aromatic nitrogens is 3. The summed E-state index contributed by atoms with van der Waals surface area (Å²) in [5.41, 5.74) is 1.14. The summed E-state index contributed by atoms with van der Waals surface area (Å²) in [6.45, 7) is -3.09. The van der Waals surface area contributed by atoms with Crippen molar-refractivity contribution in [2.24, 2.45) is 0 Å². The highest BCUT2D eigenvalue weighted by molar-refractivity contribution is 5.22. The number of nitrogens with zero attached hydrogens (tertiary/aromatic N) is 3. The molecule has 0 saturated carbocycles. The van der Waals surface area contributed by atoms with Crippen LogP contribution in [0.2, 0.25) is 0 Å². The number of halogens is 1. The Balaban J connectivity index is 2.53. The summed E-state index contributed by atoms with van der Waals surface area (Å²) in [5.74, 6) is 1.38. The summed E-state index contributed by atoms with van der Waals surface area (Å²) < 4.78 is 34.2. The highest BCUT2D eigenvalue weighted by Gasteiger charge is 2.58. The molecule has 1 aliphatic rings. The molecule has 0 bridgehead atoms. The van der Waals surface area contributed by atoms with E-state index in [0.29, 0.717) is 4.68 Å². The van der Waals surface area contributed by atoms with Crippen LogP contribution in [0.4, 0.5) is 10.2 Å². The van der Waals surface area contributed by atoms with Gasteiger partial charge in [0.15, 0.2) is 0 Å². The molecule has 0 spiro atoms. The average Bonchev–Trinajstić information content (AvgIpc) is 2.63. The monoisotopic (exact) mass is 272 g/mol. The molecule has 0 radical (unpaired) electrons. The van der Waals surface area contributed by atoms with Crippen LogP contribution in [0.3, 0.4) is 0 Å². The van der Waals surface area contributed by atoms with Gasteiger partial charge < -0.3 is 20.7 Å². The highest BCUT2D eigenvalue weighted by atomic mass is 19.1. The minimum absolute atomic E-state index is 0.228. The summed E-state index contributed by atoms with van der Waals surface area (Å²) in [7, 11) is 0. The van der Waals surface area contributed by atoms with E-state index in [1.807, 2.05) is 0 Å². The van der Waals surface area contributed by atoms with Crippen molar-refractivity contribution in [3.8, 4) is 12.3 Å². The number of terminal acetylenes is 1. The van der Waals surface area contributed by atoms with E-state index in [4.69, 9.17) is 19.6 Å². The number of anilines is 1. The Labute approximate surface area is 109 Å². The number of aliphatic hydroxyl groups is 2. The van der Waals surface area contributed by atoms with Crippen molar-refractivity contribution < 1.29 is 22.1 Å². The molecule has 4 N–H and O–H groups in total. The lowest BCUT2D eigenvalue weighted by atomic mass is 9.97. The third kappa shape index (κ3) is 1.95. The minimum Gasteiger partial charge on any atom is -0.394 e. The Morgan fingerprint density at radius 3 is 3.05 bits per heavy atom. The van der Waals surface area contributed by atoms with Crippen LogP contribution in [0.1, 0.15) is 8.97 Å². The molecule has 1 aromatic rings. The van der Waals surface area contributed by atoms with E-state index in [1.54, 1.807) is 5.92 Å². The highest BCUT2D eigenvalue weighted by Crippen LogP contribution is 2.39. The van der Waals surface area contributed by atoms with E-state index in [1.165, 1.54) is 0 Å². The first-order valence-electron chi connectivity index (χ1n) is 6.05. The van der Waals surface area contributed by atoms with E-state index in [-0.39, 0.29) is 5.82 Å². The topological polar surface area (TPSA) is 123 Å². The van der Waals surface area contributed by atoms with Crippen LogP contribution in [0.15, 0.2) is 11.0 Å². The second-order valence-electron chi connectivity index (χ2n) is 3.80. The van der Waals surface area contributed by atoms with Crippen LogP contribution in [0.5, 0.6) is 0 Å². The maximum Gasteiger partial charge on any atom is 0.368 e. The lowest BCUT2D eigenvalue weighted by molar-refractivity contribution is -0.0609. The molecule has 1 fully saturated rings. The first kappa shape index (κ1) is 10.9. The van der Waals surface area contributed by atoms with Crippen LogP contribution < -0.4 is 11.4 Å². The molecule has 0 aromatic carbocycles. The number of nitrogen functional groups attached to an aromatic ring is 1. The summed E-state index contributed by atoms with van der Waals surface area (Å²) in [4.78, 5) is 14.9. The van der Waals surface area contributed by atoms with Gasteiger partial charge in [-0.2, -0.15) is 14.8 Å². The van der Waals surface area contributed by atoms with Gasteiger partial charge in [-0.15, -0.1) is 6.42 Å². The van der Waals surface area contributed by atoms with Gasteiger partial charge >= 0.3 is 5.69 Å². The van der Waals surface area contributed by atoms with Crippen LogP contribution in [0, 0.1) is 12.3 Å². The predicted octanol–water partition coefficient (Wildman–Crippen LogP) is -2.19. The van der Waals surface area contributed by atoms with E-state index < -0.39 is 36.4 Å². The molecular weight excluding hydrogens is 259 g/mol. The lowest BCUT2D eigenvalue weighted by Crippen LogP contribution is -2.45. The number of nitrogens with two attached hydrogens (primary N) is 1. The number of aliphatic hydroxyl groups excluding tert-OH is 1. The van der Waals surface area contributed by atoms with Crippen molar-refractivity contribution in [3.05, 3.63) is 16.7 Å². The Kier molecular flexibility index (Phi) is 2.62. The molecule has 2 heterocycles. The first-order chi connectivity index (χ1) is 9.61. The first-order valence-corrected chi connectivity index (χ1v) is 5.05. The molecule has 4 atom stereocenters. The quantitative estimate of drug-likeness (QED) is 0.522. The van der Waals surface area contributed by atoms with Gasteiger partial charge in [-0.1, -0.05) is 5.92 Å². The normalized spacial score (nSPS) is 36.4. The standard InChI is InChI=1S/C10H11FN4O4/c1-2-10(11)7(17)5(4-16)19-8(10)15-9(18)14-6(12)3-13-15/h1,3,5,7-8,16-17H,4H2,(H2,12,14,18)/t5-,7+,8-,10?/m1/s1/i4D2. The molecule has 19 heavy (non-hydrogen) atoms. The van der Waals surface area contributed by atoms with Crippen LogP contribution in [0.25, 0.3) is 0 Å². The molecule has 0 aliphatic carbocycles. The summed E-state index contributed by atoms with van der Waals surface area (Å²) in [6.07, 6.45) is -0.269. The van der Waals surface area contributed by atoms with Gasteiger partial charge in [-0.05, 0) is 0 Å². The van der Waals surface area contributed by atoms with Crippen molar-refractivity contribution >= 4 is 5.82 Å². The number of rotatable bonds is 2. The van der Waals surface area contributed by atoms with Gasteiger partial charge in [0.25, 0.3) is 0 Å². The molecule has 9 heteroatoms. The van der Waals surface area contributed by atoms with Gasteiger partial charge in [0, 0.05) is 0 Å². The molecule has 0 amide bonds. The molecule has 102 valence electrons. The average molecular weight is 272 g/mol. The third-order valence-corrected chi connectivity index (χ3v) is 2.66. The third-order valence-electron chi connectivity index (χ3n) is 2.66. The van der Waals surface area contributed by atoms with Gasteiger partial charge in [0.2, 0.25) is 11.9 Å². The Morgan fingerprint density at radius 1 is 1.84 bits per heavy atom. The zero-order chi connectivity index (χ0) is 16.0.